The van der Waals surface area contributed by atoms with Gasteiger partial charge in [0.15, 0.2) is 0 Å². The Kier molecular flexibility index (Phi) is 7.76. The molecule has 0 aliphatic rings. The third-order valence-electron chi connectivity index (χ3n) is 2.39. The van der Waals surface area contributed by atoms with E-state index in [-0.39, 0.29) is 5.91 Å². The molecule has 0 rings (SSSR count). The summed E-state index contributed by atoms with van der Waals surface area (Å²) in [6.07, 6.45) is 5.89. The van der Waals surface area contributed by atoms with Crippen LogP contribution < -0.4 is 5.32 Å². The average molecular weight is 253 g/mol. The fourth-order valence-electron chi connectivity index (χ4n) is 1.42. The predicted molar refractivity (Wildman–Crippen MR) is 72.0 cm³/mol. The van der Waals surface area contributed by atoms with E-state index in [0.29, 0.717) is 17.9 Å². The second-order valence-corrected chi connectivity index (χ2v) is 4.55. The van der Waals surface area contributed by atoms with Gasteiger partial charge in [0.2, 0.25) is 5.91 Å². The van der Waals surface area contributed by atoms with Crippen LogP contribution in [0.1, 0.15) is 34.1 Å². The number of esters is 1. The van der Waals surface area contributed by atoms with Crippen molar-refractivity contribution in [2.75, 3.05) is 7.11 Å². The summed E-state index contributed by atoms with van der Waals surface area (Å²) < 4.78 is 4.69. The number of allylic oxidation sites excluding steroid dienone is 3. The topological polar surface area (TPSA) is 55.4 Å². The molecule has 0 aromatic heterocycles. The highest BCUT2D eigenvalue weighted by atomic mass is 16.5. The van der Waals surface area contributed by atoms with Crippen molar-refractivity contribution in [1.29, 1.82) is 0 Å². The van der Waals surface area contributed by atoms with Gasteiger partial charge in [-0.05, 0) is 26.2 Å². The van der Waals surface area contributed by atoms with E-state index >= 15 is 0 Å². The van der Waals surface area contributed by atoms with Crippen LogP contribution in [-0.2, 0) is 14.3 Å². The van der Waals surface area contributed by atoms with Crippen LogP contribution >= 0.6 is 0 Å². The van der Waals surface area contributed by atoms with Crippen molar-refractivity contribution in [1.82, 2.24) is 5.32 Å². The summed E-state index contributed by atoms with van der Waals surface area (Å²) in [6.45, 7) is 7.56. The largest absolute Gasteiger partial charge is 0.467 e. The number of carbonyl (C=O) groups excluding carboxylic acids is 2. The molecule has 0 radical (unpaired) electrons. The van der Waals surface area contributed by atoms with Gasteiger partial charge in [0.05, 0.1) is 7.11 Å². The number of rotatable bonds is 6. The number of nitrogens with one attached hydrogen (secondary N) is 1. The van der Waals surface area contributed by atoms with E-state index in [1.807, 2.05) is 26.8 Å². The highest BCUT2D eigenvalue weighted by molar-refractivity contribution is 5.95. The second kappa shape index (κ2) is 8.50. The molecule has 102 valence electrons. The molecule has 0 saturated carbocycles. The second-order valence-electron chi connectivity index (χ2n) is 4.55. The summed E-state index contributed by atoms with van der Waals surface area (Å²) in [5.74, 6) is -0.353. The molecule has 0 fully saturated rings. The van der Waals surface area contributed by atoms with Crippen LogP contribution in [0.4, 0.5) is 0 Å². The van der Waals surface area contributed by atoms with Gasteiger partial charge < -0.3 is 10.1 Å². The molecule has 1 N–H and O–H groups in total. The first-order valence-electron chi connectivity index (χ1n) is 6.10. The summed E-state index contributed by atoms with van der Waals surface area (Å²) in [6, 6.07) is -0.587. The van der Waals surface area contributed by atoms with Gasteiger partial charge in [-0.1, -0.05) is 32.1 Å². The first-order chi connectivity index (χ1) is 8.42. The van der Waals surface area contributed by atoms with E-state index in [0.717, 1.165) is 0 Å². The Hall–Kier alpha value is -1.58. The number of hydrogen-bond acceptors (Lipinski definition) is 3. The molecular formula is C14H23NO3. The van der Waals surface area contributed by atoms with Crippen molar-refractivity contribution in [3.05, 3.63) is 23.8 Å². The normalized spacial score (nSPS) is 13.8. The smallest absolute Gasteiger partial charge is 0.328 e. The lowest BCUT2D eigenvalue weighted by molar-refractivity contribution is -0.145. The Bertz CT molecular complexity index is 343. The van der Waals surface area contributed by atoms with Crippen LogP contribution in [0, 0.1) is 5.92 Å². The van der Waals surface area contributed by atoms with Crippen molar-refractivity contribution in [2.45, 2.75) is 40.2 Å². The molecule has 0 bridgehead atoms. The van der Waals surface area contributed by atoms with E-state index in [2.05, 4.69) is 10.1 Å². The molecule has 18 heavy (non-hydrogen) atoms. The third kappa shape index (κ3) is 6.23. The van der Waals surface area contributed by atoms with Gasteiger partial charge >= 0.3 is 5.97 Å². The predicted octanol–water partition coefficient (Wildman–Crippen LogP) is 2.21. The van der Waals surface area contributed by atoms with Crippen LogP contribution in [0.15, 0.2) is 23.8 Å². The zero-order chi connectivity index (χ0) is 14.1. The zero-order valence-electron chi connectivity index (χ0n) is 11.8. The van der Waals surface area contributed by atoms with Crippen molar-refractivity contribution < 1.29 is 14.3 Å². The monoisotopic (exact) mass is 253 g/mol. The highest BCUT2D eigenvalue weighted by Crippen LogP contribution is 2.07. The van der Waals surface area contributed by atoms with Crippen LogP contribution in [0.2, 0.25) is 0 Å². The van der Waals surface area contributed by atoms with Crippen molar-refractivity contribution >= 4 is 11.9 Å². The molecule has 0 aromatic carbocycles. The fourth-order valence-corrected chi connectivity index (χ4v) is 1.42. The van der Waals surface area contributed by atoms with Crippen LogP contribution in [-0.4, -0.2) is 25.0 Å². The first-order valence-corrected chi connectivity index (χ1v) is 6.10. The minimum absolute atomic E-state index is 0.246. The quantitative estimate of drug-likeness (QED) is 0.448. The summed E-state index contributed by atoms with van der Waals surface area (Å²) in [5.41, 5.74) is 0.561. The Morgan fingerprint density at radius 3 is 2.39 bits per heavy atom. The van der Waals surface area contributed by atoms with E-state index in [4.69, 9.17) is 0 Å². The van der Waals surface area contributed by atoms with Crippen molar-refractivity contribution in [3.8, 4) is 0 Å². The molecule has 0 unspecified atom stereocenters. The van der Waals surface area contributed by atoms with Crippen molar-refractivity contribution in [2.24, 2.45) is 5.92 Å². The van der Waals surface area contributed by atoms with E-state index in [1.165, 1.54) is 7.11 Å². The molecule has 0 spiro atoms. The maximum absolute atomic E-state index is 11.8. The molecule has 0 aliphatic carbocycles. The highest BCUT2D eigenvalue weighted by Gasteiger charge is 2.22. The number of carbonyl (C=O) groups is 2. The Labute approximate surface area is 109 Å². The summed E-state index contributed by atoms with van der Waals surface area (Å²) in [7, 11) is 1.32. The molecule has 0 heterocycles. The van der Waals surface area contributed by atoms with Crippen LogP contribution in [0.3, 0.4) is 0 Å². The maximum Gasteiger partial charge on any atom is 0.328 e. The number of methoxy groups -OCH3 is 1. The lowest BCUT2D eigenvalue weighted by Gasteiger charge is -2.18. The molecular weight excluding hydrogens is 230 g/mol. The standard InChI is InChI=1S/C14H23NO3/c1-6-7-8-11(4)13(16)15-12(9-10(2)3)14(17)18-5/h6-8,10,12H,9H2,1-5H3,(H,15,16)/b7-6+,11-8-/t12-/m0/s1. The van der Waals surface area contributed by atoms with E-state index in [9.17, 15) is 9.59 Å². The number of ether oxygens (including phenoxy) is 1. The minimum atomic E-state index is -0.587. The summed E-state index contributed by atoms with van der Waals surface area (Å²) >= 11 is 0. The van der Waals surface area contributed by atoms with Gasteiger partial charge in [-0.2, -0.15) is 0 Å². The molecule has 1 atom stereocenters. The lowest BCUT2D eigenvalue weighted by atomic mass is 10.0. The number of amides is 1. The third-order valence-corrected chi connectivity index (χ3v) is 2.39. The summed E-state index contributed by atoms with van der Waals surface area (Å²) in [4.78, 5) is 23.4. The Balaban J connectivity index is 4.67. The van der Waals surface area contributed by atoms with Gasteiger partial charge in [0, 0.05) is 5.57 Å². The molecule has 0 aromatic rings. The van der Waals surface area contributed by atoms with E-state index in [1.54, 1.807) is 19.1 Å². The summed E-state index contributed by atoms with van der Waals surface area (Å²) in [5, 5.41) is 2.69. The van der Waals surface area contributed by atoms with Gasteiger partial charge in [-0.25, -0.2) is 4.79 Å². The van der Waals surface area contributed by atoms with Gasteiger partial charge in [0.1, 0.15) is 6.04 Å². The number of hydrogen-bond donors (Lipinski definition) is 1. The van der Waals surface area contributed by atoms with E-state index < -0.39 is 12.0 Å². The maximum atomic E-state index is 11.8. The Morgan fingerprint density at radius 2 is 1.94 bits per heavy atom. The molecule has 4 heteroatoms. The Morgan fingerprint density at radius 1 is 1.33 bits per heavy atom. The van der Waals surface area contributed by atoms with Crippen LogP contribution in [0.5, 0.6) is 0 Å². The molecule has 1 amide bonds. The van der Waals surface area contributed by atoms with Crippen LogP contribution in [0.25, 0.3) is 0 Å². The fraction of sp³-hybridized carbons (Fsp3) is 0.571. The lowest BCUT2D eigenvalue weighted by Crippen LogP contribution is -2.42. The van der Waals surface area contributed by atoms with Gasteiger partial charge in [-0.3, -0.25) is 4.79 Å². The zero-order valence-corrected chi connectivity index (χ0v) is 11.8. The molecule has 4 nitrogen and oxygen atoms in total. The van der Waals surface area contributed by atoms with Gasteiger partial charge in [0.25, 0.3) is 0 Å². The van der Waals surface area contributed by atoms with Crippen molar-refractivity contribution in [3.63, 3.8) is 0 Å². The first kappa shape index (κ1) is 16.4. The molecule has 0 aliphatic heterocycles. The average Bonchev–Trinajstić information content (AvgIpc) is 2.33. The SMILES string of the molecule is C/C=C/C=C(/C)C(=O)N[C@@H](CC(C)C)C(=O)OC. The minimum Gasteiger partial charge on any atom is -0.467 e. The van der Waals surface area contributed by atoms with Gasteiger partial charge in [-0.15, -0.1) is 0 Å². The molecule has 0 saturated heterocycles.